The van der Waals surface area contributed by atoms with Crippen molar-refractivity contribution >= 4 is 58.2 Å². The monoisotopic (exact) mass is 492 g/mol. The molecule has 2 aromatic carbocycles. The van der Waals surface area contributed by atoms with Gasteiger partial charge in [-0.15, -0.1) is 10.2 Å². The van der Waals surface area contributed by atoms with Crippen LogP contribution >= 0.6 is 35.0 Å². The summed E-state index contributed by atoms with van der Waals surface area (Å²) < 4.78 is 1.87. The number of thioether (sulfide) groups is 1. The first kappa shape index (κ1) is 22.4. The molecule has 1 amide bonds. The first-order valence-corrected chi connectivity index (χ1v) is 11.5. The summed E-state index contributed by atoms with van der Waals surface area (Å²) in [6, 6.07) is 11.3. The summed E-state index contributed by atoms with van der Waals surface area (Å²) in [5.41, 5.74) is 0.889. The maximum Gasteiger partial charge on any atom is 0.271 e. The van der Waals surface area contributed by atoms with Crippen molar-refractivity contribution in [1.82, 2.24) is 14.8 Å². The fraction of sp³-hybridized carbons (Fsp3) is 0.250. The summed E-state index contributed by atoms with van der Waals surface area (Å²) in [6.45, 7) is 1.76. The van der Waals surface area contributed by atoms with Gasteiger partial charge < -0.3 is 10.2 Å². The molecule has 1 N–H and O–H groups in total. The second kappa shape index (κ2) is 9.76. The third-order valence-corrected chi connectivity index (χ3v) is 6.43. The molecule has 1 aromatic heterocycles. The highest BCUT2D eigenvalue weighted by Gasteiger charge is 2.24. The fourth-order valence-corrected chi connectivity index (χ4v) is 4.54. The lowest BCUT2D eigenvalue weighted by molar-refractivity contribution is -0.384. The molecule has 4 rings (SSSR count). The Bertz CT molecular complexity index is 1170. The van der Waals surface area contributed by atoms with Gasteiger partial charge in [-0.2, -0.15) is 0 Å². The van der Waals surface area contributed by atoms with Gasteiger partial charge in [0.15, 0.2) is 5.16 Å². The predicted octanol–water partition coefficient (Wildman–Crippen LogP) is 4.81. The molecule has 1 fully saturated rings. The first-order valence-electron chi connectivity index (χ1n) is 9.76. The molecular weight excluding hydrogens is 475 g/mol. The van der Waals surface area contributed by atoms with Crippen molar-refractivity contribution in [2.45, 2.75) is 18.0 Å². The molecule has 32 heavy (non-hydrogen) atoms. The number of rotatable bonds is 7. The van der Waals surface area contributed by atoms with Crippen molar-refractivity contribution in [1.29, 1.82) is 0 Å². The van der Waals surface area contributed by atoms with Crippen molar-refractivity contribution in [3.8, 4) is 5.69 Å². The van der Waals surface area contributed by atoms with Crippen LogP contribution in [-0.4, -0.2) is 44.4 Å². The van der Waals surface area contributed by atoms with Crippen molar-refractivity contribution in [2.24, 2.45) is 0 Å². The van der Waals surface area contributed by atoms with E-state index in [1.165, 1.54) is 30.0 Å². The highest BCUT2D eigenvalue weighted by atomic mass is 35.5. The molecule has 166 valence electrons. The third kappa shape index (κ3) is 4.82. The Hall–Kier alpha value is -2.82. The molecule has 1 aliphatic rings. The molecule has 0 bridgehead atoms. The molecule has 0 spiro atoms. The van der Waals surface area contributed by atoms with Crippen LogP contribution in [0.3, 0.4) is 0 Å². The van der Waals surface area contributed by atoms with Crippen LogP contribution in [0.15, 0.2) is 47.6 Å². The highest BCUT2D eigenvalue weighted by Crippen LogP contribution is 2.32. The normalized spacial score (nSPS) is 13.4. The summed E-state index contributed by atoms with van der Waals surface area (Å²) in [5.74, 6) is 0.398. The average Bonchev–Trinajstić information content (AvgIpc) is 3.43. The zero-order valence-corrected chi connectivity index (χ0v) is 19.0. The summed E-state index contributed by atoms with van der Waals surface area (Å²) in [7, 11) is 0. The number of nitro benzene ring substituents is 1. The van der Waals surface area contributed by atoms with Crippen molar-refractivity contribution in [3.63, 3.8) is 0 Å². The lowest BCUT2D eigenvalue weighted by Crippen LogP contribution is -2.22. The van der Waals surface area contributed by atoms with E-state index in [1.807, 2.05) is 22.8 Å². The molecule has 1 aliphatic heterocycles. The highest BCUT2D eigenvalue weighted by molar-refractivity contribution is 7.99. The van der Waals surface area contributed by atoms with E-state index in [-0.39, 0.29) is 22.4 Å². The van der Waals surface area contributed by atoms with Gasteiger partial charge in [-0.05, 0) is 31.0 Å². The van der Waals surface area contributed by atoms with Gasteiger partial charge in [0.05, 0.1) is 32.1 Å². The number of hydrogen-bond donors (Lipinski definition) is 1. The van der Waals surface area contributed by atoms with Crippen molar-refractivity contribution in [2.75, 3.05) is 29.1 Å². The molecule has 1 saturated heterocycles. The van der Waals surface area contributed by atoms with Gasteiger partial charge in [0.25, 0.3) is 5.69 Å². The molecule has 2 heterocycles. The number of halogens is 2. The Kier molecular flexibility index (Phi) is 6.83. The number of carbonyl (C=O) groups excluding carboxylic acids is 1. The largest absolute Gasteiger partial charge is 0.341 e. The van der Waals surface area contributed by atoms with Crippen LogP contribution in [0, 0.1) is 10.1 Å². The topological polar surface area (TPSA) is 106 Å². The van der Waals surface area contributed by atoms with E-state index in [4.69, 9.17) is 23.2 Å². The van der Waals surface area contributed by atoms with Gasteiger partial charge in [-0.25, -0.2) is 0 Å². The van der Waals surface area contributed by atoms with Gasteiger partial charge in [-0.1, -0.05) is 47.1 Å². The van der Waals surface area contributed by atoms with Gasteiger partial charge in [0.2, 0.25) is 11.9 Å². The fourth-order valence-electron chi connectivity index (χ4n) is 3.36. The van der Waals surface area contributed by atoms with E-state index in [2.05, 4.69) is 20.4 Å². The minimum atomic E-state index is -0.549. The van der Waals surface area contributed by atoms with E-state index in [1.54, 1.807) is 6.07 Å². The standard InChI is InChI=1S/C20H18Cl2N6O3S/c21-14-5-1-2-6-17(14)27-19(26-9-3-4-10-26)24-25-20(27)32-12-18(29)23-16-8-7-13(28(30)31)11-15(16)22/h1-2,5-8,11H,3-4,9-10,12H2,(H,23,29). The number of hydrogen-bond acceptors (Lipinski definition) is 7. The molecule has 0 radical (unpaired) electrons. The van der Waals surface area contributed by atoms with E-state index in [9.17, 15) is 14.9 Å². The quantitative estimate of drug-likeness (QED) is 0.286. The Balaban J connectivity index is 1.53. The Morgan fingerprint density at radius 1 is 1.12 bits per heavy atom. The maximum absolute atomic E-state index is 12.5. The van der Waals surface area contributed by atoms with E-state index in [0.29, 0.717) is 21.8 Å². The smallest absolute Gasteiger partial charge is 0.271 e. The molecule has 0 aliphatic carbocycles. The molecule has 3 aromatic rings. The summed E-state index contributed by atoms with van der Waals surface area (Å²) in [5, 5.41) is 23.4. The number of nitro groups is 1. The summed E-state index contributed by atoms with van der Waals surface area (Å²) in [6.07, 6.45) is 2.16. The number of aromatic nitrogens is 3. The maximum atomic E-state index is 12.5. The second-order valence-corrected chi connectivity index (χ2v) is 8.78. The van der Waals surface area contributed by atoms with Crippen molar-refractivity contribution < 1.29 is 9.72 Å². The minimum absolute atomic E-state index is 0.0376. The molecule has 9 nitrogen and oxygen atoms in total. The molecule has 0 unspecified atom stereocenters. The zero-order valence-electron chi connectivity index (χ0n) is 16.7. The first-order chi connectivity index (χ1) is 15.4. The van der Waals surface area contributed by atoms with Gasteiger partial charge in [0, 0.05) is 25.2 Å². The van der Waals surface area contributed by atoms with Gasteiger partial charge >= 0.3 is 0 Å². The second-order valence-electron chi connectivity index (χ2n) is 7.02. The number of carbonyl (C=O) groups is 1. The average molecular weight is 493 g/mol. The number of nitrogens with zero attached hydrogens (tertiary/aromatic N) is 5. The summed E-state index contributed by atoms with van der Waals surface area (Å²) in [4.78, 5) is 25.0. The van der Waals surface area contributed by atoms with E-state index < -0.39 is 4.92 Å². The van der Waals surface area contributed by atoms with Crippen molar-refractivity contribution in [3.05, 3.63) is 62.6 Å². The number of nitrogens with one attached hydrogen (secondary N) is 1. The SMILES string of the molecule is O=C(CSc1nnc(N2CCCC2)n1-c1ccccc1Cl)Nc1ccc([N+](=O)[O-])cc1Cl. The third-order valence-electron chi connectivity index (χ3n) is 4.87. The zero-order chi connectivity index (χ0) is 22.7. The Labute approximate surface area is 197 Å². The predicted molar refractivity (Wildman–Crippen MR) is 125 cm³/mol. The van der Waals surface area contributed by atoms with Gasteiger partial charge in [0.1, 0.15) is 0 Å². The van der Waals surface area contributed by atoms with Crippen LogP contribution in [0.4, 0.5) is 17.3 Å². The Morgan fingerprint density at radius 3 is 2.56 bits per heavy atom. The number of benzene rings is 2. The minimum Gasteiger partial charge on any atom is -0.341 e. The van der Waals surface area contributed by atoms with Crippen LogP contribution in [0.5, 0.6) is 0 Å². The lowest BCUT2D eigenvalue weighted by Gasteiger charge is -2.19. The van der Waals surface area contributed by atoms with Crippen LogP contribution in [0.2, 0.25) is 10.0 Å². The van der Waals surface area contributed by atoms with Crippen LogP contribution in [-0.2, 0) is 4.79 Å². The molecular formula is C20H18Cl2N6O3S. The van der Waals surface area contributed by atoms with Gasteiger partial charge in [-0.3, -0.25) is 19.5 Å². The number of para-hydroxylation sites is 1. The van der Waals surface area contributed by atoms with Crippen LogP contribution in [0.25, 0.3) is 5.69 Å². The van der Waals surface area contributed by atoms with Crippen LogP contribution < -0.4 is 10.2 Å². The van der Waals surface area contributed by atoms with E-state index in [0.717, 1.165) is 31.6 Å². The number of anilines is 2. The van der Waals surface area contributed by atoms with Crippen LogP contribution in [0.1, 0.15) is 12.8 Å². The number of amides is 1. The molecule has 12 heteroatoms. The number of non-ortho nitro benzene ring substituents is 1. The molecule has 0 atom stereocenters. The Morgan fingerprint density at radius 2 is 1.88 bits per heavy atom. The molecule has 0 saturated carbocycles. The van der Waals surface area contributed by atoms with E-state index >= 15 is 0 Å². The lowest BCUT2D eigenvalue weighted by atomic mass is 10.3. The summed E-state index contributed by atoms with van der Waals surface area (Å²) >= 11 is 13.7.